The molecule has 0 aromatic rings. The molecule has 1 N–H and O–H groups in total. The van der Waals surface area contributed by atoms with E-state index in [-0.39, 0.29) is 4.75 Å². The van der Waals surface area contributed by atoms with Crippen molar-refractivity contribution in [3.8, 4) is 0 Å². The molecular formula is C12H25NS. The summed E-state index contributed by atoms with van der Waals surface area (Å²) < 4.78 is 0.161. The van der Waals surface area contributed by atoms with Gasteiger partial charge in [-0.1, -0.05) is 27.7 Å². The van der Waals surface area contributed by atoms with Crippen molar-refractivity contribution >= 4 is 12.6 Å². The summed E-state index contributed by atoms with van der Waals surface area (Å²) in [6, 6.07) is 0. The summed E-state index contributed by atoms with van der Waals surface area (Å²) in [4.78, 5) is 0. The van der Waals surface area contributed by atoms with E-state index in [0.717, 1.165) is 5.92 Å². The molecule has 0 saturated carbocycles. The van der Waals surface area contributed by atoms with Gasteiger partial charge in [0.2, 0.25) is 0 Å². The van der Waals surface area contributed by atoms with E-state index >= 15 is 0 Å². The van der Waals surface area contributed by atoms with E-state index in [2.05, 4.69) is 45.6 Å². The number of rotatable bonds is 3. The lowest BCUT2D eigenvalue weighted by molar-refractivity contribution is 0.142. The summed E-state index contributed by atoms with van der Waals surface area (Å²) in [6.45, 7) is 11.6. The van der Waals surface area contributed by atoms with Crippen LogP contribution in [0.5, 0.6) is 0 Å². The van der Waals surface area contributed by atoms with Gasteiger partial charge in [0.15, 0.2) is 0 Å². The SMILES string of the molecule is CC(C)(S)CC(C)(C)C1CCNCC1. The van der Waals surface area contributed by atoms with Crippen molar-refractivity contribution in [3.05, 3.63) is 0 Å². The van der Waals surface area contributed by atoms with Crippen LogP contribution in [0.3, 0.4) is 0 Å². The van der Waals surface area contributed by atoms with E-state index in [0.29, 0.717) is 5.41 Å². The first-order valence-corrected chi connectivity index (χ1v) is 6.19. The Kier molecular flexibility index (Phi) is 3.93. The van der Waals surface area contributed by atoms with E-state index in [1.165, 1.54) is 32.4 Å². The first-order valence-electron chi connectivity index (χ1n) is 5.74. The molecule has 0 amide bonds. The fraction of sp³-hybridized carbons (Fsp3) is 1.00. The lowest BCUT2D eigenvalue weighted by Gasteiger charge is -2.41. The van der Waals surface area contributed by atoms with E-state index in [1.54, 1.807) is 0 Å². The summed E-state index contributed by atoms with van der Waals surface area (Å²) in [6.07, 6.45) is 3.86. The van der Waals surface area contributed by atoms with Gasteiger partial charge in [-0.3, -0.25) is 0 Å². The molecule has 0 aromatic heterocycles. The Balaban J connectivity index is 2.54. The zero-order valence-electron chi connectivity index (χ0n) is 10.1. The van der Waals surface area contributed by atoms with Gasteiger partial charge in [0.1, 0.15) is 0 Å². The van der Waals surface area contributed by atoms with Crippen LogP contribution in [0.4, 0.5) is 0 Å². The van der Waals surface area contributed by atoms with Crippen molar-refractivity contribution in [2.45, 2.75) is 51.7 Å². The molecule has 1 saturated heterocycles. The highest BCUT2D eigenvalue weighted by Crippen LogP contribution is 2.41. The molecule has 1 aliphatic rings. The highest BCUT2D eigenvalue weighted by atomic mass is 32.1. The molecule has 0 atom stereocenters. The fourth-order valence-corrected chi connectivity index (χ4v) is 3.27. The Labute approximate surface area is 94.5 Å². The van der Waals surface area contributed by atoms with Crippen LogP contribution in [-0.2, 0) is 0 Å². The summed E-state index contributed by atoms with van der Waals surface area (Å²) in [5, 5.41) is 3.43. The molecule has 1 fully saturated rings. The number of thiol groups is 1. The molecule has 0 spiro atoms. The van der Waals surface area contributed by atoms with Gasteiger partial charge in [-0.05, 0) is 43.7 Å². The molecule has 84 valence electrons. The molecular weight excluding hydrogens is 190 g/mol. The normalized spacial score (nSPS) is 21.2. The van der Waals surface area contributed by atoms with Crippen LogP contribution in [0.25, 0.3) is 0 Å². The molecule has 0 unspecified atom stereocenters. The topological polar surface area (TPSA) is 12.0 Å². The Bertz CT molecular complexity index is 175. The van der Waals surface area contributed by atoms with E-state index in [1.807, 2.05) is 0 Å². The molecule has 1 rings (SSSR count). The molecule has 2 heteroatoms. The molecule has 0 aromatic carbocycles. The first-order chi connectivity index (χ1) is 6.31. The number of hydrogen-bond acceptors (Lipinski definition) is 2. The number of piperidine rings is 1. The van der Waals surface area contributed by atoms with Crippen molar-refractivity contribution in [2.75, 3.05) is 13.1 Å². The third kappa shape index (κ3) is 3.82. The lowest BCUT2D eigenvalue weighted by Crippen LogP contribution is -2.38. The van der Waals surface area contributed by atoms with Crippen LogP contribution in [-0.4, -0.2) is 17.8 Å². The third-order valence-corrected chi connectivity index (χ3v) is 3.49. The van der Waals surface area contributed by atoms with Crippen LogP contribution in [0.2, 0.25) is 0 Å². The van der Waals surface area contributed by atoms with E-state index < -0.39 is 0 Å². The predicted octanol–water partition coefficient (Wildman–Crippen LogP) is 3.11. The smallest absolute Gasteiger partial charge is 0.00783 e. The molecule has 1 aliphatic heterocycles. The second kappa shape index (κ2) is 4.44. The highest BCUT2D eigenvalue weighted by Gasteiger charge is 2.34. The van der Waals surface area contributed by atoms with Crippen LogP contribution in [0.15, 0.2) is 0 Å². The fourth-order valence-electron chi connectivity index (χ4n) is 2.86. The van der Waals surface area contributed by atoms with Gasteiger partial charge < -0.3 is 5.32 Å². The molecule has 1 heterocycles. The molecule has 0 radical (unpaired) electrons. The maximum atomic E-state index is 4.65. The van der Waals surface area contributed by atoms with Crippen LogP contribution < -0.4 is 5.32 Å². The van der Waals surface area contributed by atoms with Gasteiger partial charge in [0.25, 0.3) is 0 Å². The van der Waals surface area contributed by atoms with Gasteiger partial charge >= 0.3 is 0 Å². The Hall–Kier alpha value is 0.310. The van der Waals surface area contributed by atoms with E-state index in [4.69, 9.17) is 0 Å². The number of hydrogen-bond donors (Lipinski definition) is 2. The zero-order chi connectivity index (χ0) is 10.8. The van der Waals surface area contributed by atoms with Crippen molar-refractivity contribution in [1.29, 1.82) is 0 Å². The zero-order valence-corrected chi connectivity index (χ0v) is 11.0. The summed E-state index contributed by atoms with van der Waals surface area (Å²) in [5.74, 6) is 0.871. The monoisotopic (exact) mass is 215 g/mol. The summed E-state index contributed by atoms with van der Waals surface area (Å²) >= 11 is 4.65. The van der Waals surface area contributed by atoms with Crippen molar-refractivity contribution < 1.29 is 0 Å². The largest absolute Gasteiger partial charge is 0.317 e. The van der Waals surface area contributed by atoms with Crippen molar-refractivity contribution in [3.63, 3.8) is 0 Å². The summed E-state index contributed by atoms with van der Waals surface area (Å²) in [5.41, 5.74) is 0.438. The Morgan fingerprint density at radius 1 is 1.14 bits per heavy atom. The maximum Gasteiger partial charge on any atom is 0.00783 e. The van der Waals surface area contributed by atoms with Gasteiger partial charge in [-0.15, -0.1) is 0 Å². The lowest BCUT2D eigenvalue weighted by atomic mass is 9.69. The predicted molar refractivity (Wildman–Crippen MR) is 67.1 cm³/mol. The van der Waals surface area contributed by atoms with Crippen LogP contribution in [0, 0.1) is 11.3 Å². The average Bonchev–Trinajstić information content (AvgIpc) is 2.01. The van der Waals surface area contributed by atoms with Gasteiger partial charge in [-0.25, -0.2) is 0 Å². The van der Waals surface area contributed by atoms with Crippen molar-refractivity contribution in [1.82, 2.24) is 5.32 Å². The quantitative estimate of drug-likeness (QED) is 0.689. The Morgan fingerprint density at radius 2 is 1.64 bits per heavy atom. The minimum atomic E-state index is 0.161. The van der Waals surface area contributed by atoms with Crippen molar-refractivity contribution in [2.24, 2.45) is 11.3 Å². The Morgan fingerprint density at radius 3 is 2.07 bits per heavy atom. The maximum absolute atomic E-state index is 4.65. The number of nitrogens with one attached hydrogen (secondary N) is 1. The average molecular weight is 215 g/mol. The van der Waals surface area contributed by atoms with Crippen LogP contribution >= 0.6 is 12.6 Å². The van der Waals surface area contributed by atoms with Crippen LogP contribution in [0.1, 0.15) is 47.0 Å². The van der Waals surface area contributed by atoms with Gasteiger partial charge in [0.05, 0.1) is 0 Å². The minimum Gasteiger partial charge on any atom is -0.317 e. The summed E-state index contributed by atoms with van der Waals surface area (Å²) in [7, 11) is 0. The molecule has 0 aliphatic carbocycles. The standard InChI is InChI=1S/C12H25NS/c1-11(2,9-12(3,4)14)10-5-7-13-8-6-10/h10,13-14H,5-9H2,1-4H3. The second-order valence-electron chi connectivity index (χ2n) is 6.00. The van der Waals surface area contributed by atoms with Gasteiger partial charge in [-0.2, -0.15) is 12.6 Å². The molecule has 14 heavy (non-hydrogen) atoms. The highest BCUT2D eigenvalue weighted by molar-refractivity contribution is 7.81. The second-order valence-corrected chi connectivity index (χ2v) is 7.21. The molecule has 1 nitrogen and oxygen atoms in total. The van der Waals surface area contributed by atoms with Gasteiger partial charge in [0, 0.05) is 4.75 Å². The first kappa shape index (κ1) is 12.4. The minimum absolute atomic E-state index is 0.161. The molecule has 0 bridgehead atoms. The third-order valence-electron chi connectivity index (χ3n) is 3.33. The van der Waals surface area contributed by atoms with E-state index in [9.17, 15) is 0 Å².